The summed E-state index contributed by atoms with van der Waals surface area (Å²) in [5.74, 6) is 1.21. The van der Waals surface area contributed by atoms with Gasteiger partial charge in [-0.15, -0.1) is 0 Å². The Hall–Kier alpha value is -3.91. The Morgan fingerprint density at radius 3 is 2.32 bits per heavy atom. The highest BCUT2D eigenvalue weighted by molar-refractivity contribution is 7.99. The zero-order chi connectivity index (χ0) is 25.9. The molecule has 0 bridgehead atoms. The molecule has 190 valence electrons. The Bertz CT molecular complexity index is 1590. The van der Waals surface area contributed by atoms with Gasteiger partial charge in [-0.05, 0) is 46.5 Å². The molecule has 2 unspecified atom stereocenters. The first-order valence-corrected chi connectivity index (χ1v) is 13.5. The summed E-state index contributed by atoms with van der Waals surface area (Å²) in [5.41, 5.74) is 5.10. The molecule has 6 nitrogen and oxygen atoms in total. The lowest BCUT2D eigenvalue weighted by atomic mass is 10.1. The minimum absolute atomic E-state index is 0.00443. The zero-order valence-electron chi connectivity index (χ0n) is 20.7. The fraction of sp³-hybridized carbons (Fsp3) is 0.161. The van der Waals surface area contributed by atoms with Gasteiger partial charge in [0.1, 0.15) is 5.82 Å². The monoisotopic (exact) mass is 520 g/mol. The topological polar surface area (TPSA) is 90.3 Å². The Morgan fingerprint density at radius 2 is 1.47 bits per heavy atom. The van der Waals surface area contributed by atoms with Crippen LogP contribution >= 0.6 is 11.8 Å². The highest BCUT2D eigenvalue weighted by Gasteiger charge is 2.31. The van der Waals surface area contributed by atoms with Crippen LogP contribution in [-0.2, 0) is 19.6 Å². The van der Waals surface area contributed by atoms with E-state index in [9.17, 15) is 10.2 Å². The summed E-state index contributed by atoms with van der Waals surface area (Å²) >= 11 is 1.64. The second kappa shape index (κ2) is 10.8. The predicted molar refractivity (Wildman–Crippen MR) is 152 cm³/mol. The minimum Gasteiger partial charge on any atom is -0.392 e. The van der Waals surface area contributed by atoms with Crippen LogP contribution in [0, 0.1) is 0 Å². The van der Waals surface area contributed by atoms with Gasteiger partial charge in [-0.1, -0.05) is 84.6 Å². The van der Waals surface area contributed by atoms with Crippen molar-refractivity contribution in [2.24, 2.45) is 0 Å². The van der Waals surface area contributed by atoms with E-state index in [0.29, 0.717) is 24.7 Å². The largest absolute Gasteiger partial charge is 0.392 e. The summed E-state index contributed by atoms with van der Waals surface area (Å²) < 4.78 is 0. The highest BCUT2D eigenvalue weighted by atomic mass is 32.2. The van der Waals surface area contributed by atoms with E-state index >= 15 is 0 Å². The van der Waals surface area contributed by atoms with Crippen LogP contribution in [0.3, 0.4) is 0 Å². The lowest BCUT2D eigenvalue weighted by Crippen LogP contribution is -2.22. The quantitative estimate of drug-likeness (QED) is 0.201. The van der Waals surface area contributed by atoms with Gasteiger partial charge in [-0.25, -0.2) is 4.98 Å². The number of nitrogens with zero attached hydrogens (tertiary/aromatic N) is 2. The first-order chi connectivity index (χ1) is 18.7. The van der Waals surface area contributed by atoms with Crippen molar-refractivity contribution in [1.29, 1.82) is 0 Å². The van der Waals surface area contributed by atoms with Crippen molar-refractivity contribution >= 4 is 34.4 Å². The van der Waals surface area contributed by atoms with Gasteiger partial charge in [-0.3, -0.25) is 0 Å². The highest BCUT2D eigenvalue weighted by Crippen LogP contribution is 2.36. The van der Waals surface area contributed by atoms with Crippen molar-refractivity contribution < 1.29 is 10.2 Å². The normalized spacial score (nSPS) is 16.4. The van der Waals surface area contributed by atoms with Crippen LogP contribution in [-0.4, -0.2) is 26.3 Å². The molecule has 2 atom stereocenters. The fourth-order valence-electron chi connectivity index (χ4n) is 4.94. The standard InChI is InChI=1S/C31H28N4O2S/c36-19-22-11-3-8-16-28(22)38-27-15-7-2-10-21(27)18-32-31-33-25-14-6-5-13-24(25)30(35-31)34-29-23-12-4-1-9-20(23)17-26(29)37/h1-16,26,29,36-37H,17-19H2,(H2,32,33,34,35). The van der Waals surface area contributed by atoms with Gasteiger partial charge in [-0.2, -0.15) is 4.98 Å². The first kappa shape index (κ1) is 24.4. The second-order valence-electron chi connectivity index (χ2n) is 9.33. The number of hydrogen-bond donors (Lipinski definition) is 4. The van der Waals surface area contributed by atoms with Crippen LogP contribution in [0.5, 0.6) is 0 Å². The maximum absolute atomic E-state index is 10.8. The molecular weight excluding hydrogens is 492 g/mol. The number of aliphatic hydroxyl groups is 2. The maximum Gasteiger partial charge on any atom is 0.225 e. The molecule has 38 heavy (non-hydrogen) atoms. The summed E-state index contributed by atoms with van der Waals surface area (Å²) in [6.07, 6.45) is 0.0961. The van der Waals surface area contributed by atoms with Crippen LogP contribution in [0.25, 0.3) is 10.9 Å². The molecule has 1 aliphatic carbocycles. The zero-order valence-corrected chi connectivity index (χ0v) is 21.5. The Morgan fingerprint density at radius 1 is 0.789 bits per heavy atom. The molecular formula is C31H28N4O2S. The molecule has 0 saturated carbocycles. The van der Waals surface area contributed by atoms with Crippen molar-refractivity contribution in [3.63, 3.8) is 0 Å². The molecule has 6 rings (SSSR count). The molecule has 0 fully saturated rings. The first-order valence-electron chi connectivity index (χ1n) is 12.7. The molecule has 4 N–H and O–H groups in total. The molecule has 0 amide bonds. The third-order valence-corrected chi connectivity index (χ3v) is 8.11. The van der Waals surface area contributed by atoms with E-state index in [0.717, 1.165) is 42.9 Å². The van der Waals surface area contributed by atoms with Gasteiger partial charge < -0.3 is 20.8 Å². The lowest BCUT2D eigenvalue weighted by molar-refractivity contribution is 0.165. The SMILES string of the molecule is OCc1ccccc1Sc1ccccc1CNc1nc(NC2c3ccccc3CC2O)c2ccccc2n1. The average Bonchev–Trinajstić information content (AvgIpc) is 3.27. The van der Waals surface area contributed by atoms with Crippen LogP contribution in [0.15, 0.2) is 107 Å². The lowest BCUT2D eigenvalue weighted by Gasteiger charge is -2.20. The van der Waals surface area contributed by atoms with E-state index in [-0.39, 0.29) is 12.6 Å². The van der Waals surface area contributed by atoms with Gasteiger partial charge in [0.15, 0.2) is 0 Å². The van der Waals surface area contributed by atoms with Gasteiger partial charge >= 0.3 is 0 Å². The van der Waals surface area contributed by atoms with E-state index < -0.39 is 6.10 Å². The Kier molecular flexibility index (Phi) is 6.96. The van der Waals surface area contributed by atoms with Crippen LogP contribution in [0.1, 0.15) is 28.3 Å². The van der Waals surface area contributed by atoms with Gasteiger partial charge in [0.05, 0.1) is 24.3 Å². The predicted octanol–water partition coefficient (Wildman–Crippen LogP) is 5.96. The molecule has 0 spiro atoms. The third kappa shape index (κ3) is 4.96. The van der Waals surface area contributed by atoms with Gasteiger partial charge in [0.2, 0.25) is 5.95 Å². The van der Waals surface area contributed by atoms with E-state index in [2.05, 4.69) is 34.9 Å². The van der Waals surface area contributed by atoms with E-state index in [1.165, 1.54) is 0 Å². The summed E-state index contributed by atoms with van der Waals surface area (Å²) in [6, 6.07) is 31.9. The van der Waals surface area contributed by atoms with E-state index in [1.54, 1.807) is 11.8 Å². The van der Waals surface area contributed by atoms with Crippen molar-refractivity contribution in [3.05, 3.63) is 119 Å². The van der Waals surface area contributed by atoms with Crippen molar-refractivity contribution in [1.82, 2.24) is 9.97 Å². The third-order valence-electron chi connectivity index (χ3n) is 6.87. The molecule has 0 aliphatic heterocycles. The molecule has 1 heterocycles. The number of anilines is 2. The number of rotatable bonds is 8. The van der Waals surface area contributed by atoms with Crippen LogP contribution < -0.4 is 10.6 Å². The van der Waals surface area contributed by atoms with Crippen molar-refractivity contribution in [2.75, 3.05) is 10.6 Å². The smallest absolute Gasteiger partial charge is 0.225 e. The molecule has 1 aromatic heterocycles. The molecule has 0 saturated heterocycles. The fourth-order valence-corrected chi connectivity index (χ4v) is 6.00. The number of benzene rings is 4. The summed E-state index contributed by atoms with van der Waals surface area (Å²) in [6.45, 7) is 0.543. The number of aliphatic hydroxyl groups excluding tert-OH is 2. The van der Waals surface area contributed by atoms with Gasteiger partial charge in [0.25, 0.3) is 0 Å². The van der Waals surface area contributed by atoms with Crippen LogP contribution in [0.4, 0.5) is 11.8 Å². The van der Waals surface area contributed by atoms with Crippen LogP contribution in [0.2, 0.25) is 0 Å². The summed E-state index contributed by atoms with van der Waals surface area (Å²) in [7, 11) is 0. The number of para-hydroxylation sites is 1. The van der Waals surface area contributed by atoms with Crippen molar-refractivity contribution in [2.45, 2.75) is 41.5 Å². The molecule has 0 radical (unpaired) electrons. The molecule has 1 aliphatic rings. The molecule has 5 aromatic rings. The molecule has 4 aromatic carbocycles. The summed E-state index contributed by atoms with van der Waals surface area (Å²) in [5, 5.41) is 28.4. The number of fused-ring (bicyclic) bond motifs is 2. The number of nitrogens with one attached hydrogen (secondary N) is 2. The van der Waals surface area contributed by atoms with E-state index in [1.807, 2.05) is 72.8 Å². The van der Waals surface area contributed by atoms with Crippen molar-refractivity contribution in [3.8, 4) is 0 Å². The van der Waals surface area contributed by atoms with E-state index in [4.69, 9.17) is 9.97 Å². The maximum atomic E-state index is 10.8. The Labute approximate surface area is 225 Å². The number of aromatic nitrogens is 2. The number of hydrogen-bond acceptors (Lipinski definition) is 7. The minimum atomic E-state index is -0.525. The second-order valence-corrected chi connectivity index (χ2v) is 10.4. The molecule has 7 heteroatoms. The van der Waals surface area contributed by atoms with Gasteiger partial charge in [0, 0.05) is 28.1 Å². The Balaban J connectivity index is 1.27. The average molecular weight is 521 g/mol. The summed E-state index contributed by atoms with van der Waals surface area (Å²) in [4.78, 5) is 11.7.